The molecule has 1 aromatic carbocycles. The predicted molar refractivity (Wildman–Crippen MR) is 88.5 cm³/mol. The maximum absolute atomic E-state index is 4.10. The molecular weight excluding hydrogens is 274 g/mol. The van der Waals surface area contributed by atoms with Crippen LogP contribution in [0.15, 0.2) is 29.2 Å². The van der Waals surface area contributed by atoms with Gasteiger partial charge in [-0.2, -0.15) is 0 Å². The van der Waals surface area contributed by atoms with Crippen molar-refractivity contribution in [3.05, 3.63) is 29.8 Å². The first kappa shape index (κ1) is 13.0. The van der Waals surface area contributed by atoms with E-state index in [4.69, 9.17) is 0 Å². The van der Waals surface area contributed by atoms with Gasteiger partial charge in [0.1, 0.15) is 0 Å². The lowest BCUT2D eigenvalue weighted by molar-refractivity contribution is 0.196. The molecule has 0 spiro atoms. The summed E-state index contributed by atoms with van der Waals surface area (Å²) < 4.78 is 0. The van der Waals surface area contributed by atoms with Gasteiger partial charge in [-0.05, 0) is 73.2 Å². The van der Waals surface area contributed by atoms with Crippen LogP contribution in [0, 0.1) is 23.7 Å². The quantitative estimate of drug-likeness (QED) is 0.854. The van der Waals surface area contributed by atoms with Crippen molar-refractivity contribution in [2.45, 2.75) is 55.5 Å². The van der Waals surface area contributed by atoms with Gasteiger partial charge >= 0.3 is 0 Å². The van der Waals surface area contributed by atoms with E-state index in [0.717, 1.165) is 29.7 Å². The summed E-state index contributed by atoms with van der Waals surface area (Å²) in [5.74, 6) is 5.54. The molecule has 3 aliphatic carbocycles. The Hall–Kier alpha value is -0.470. The minimum atomic E-state index is 0.617. The molecule has 1 N–H and O–H groups in total. The standard InChI is InChI=1S/C19H25NS/c1-2-7-19-15(4-1)17(8-9-21-19)20-18-11-12-10-16(18)14-6-3-5-13(12)14/h1-2,4,7,12-14,16-18,20H,3,5-6,8-11H2. The highest BCUT2D eigenvalue weighted by atomic mass is 32.2. The number of hydrogen-bond acceptors (Lipinski definition) is 2. The van der Waals surface area contributed by atoms with Gasteiger partial charge < -0.3 is 5.32 Å². The highest BCUT2D eigenvalue weighted by molar-refractivity contribution is 7.99. The fourth-order valence-electron chi connectivity index (χ4n) is 6.03. The zero-order valence-corrected chi connectivity index (χ0v) is 13.4. The lowest BCUT2D eigenvalue weighted by Crippen LogP contribution is -2.42. The maximum atomic E-state index is 4.10. The molecule has 2 heteroatoms. The molecular formula is C19H25NS. The zero-order valence-electron chi connectivity index (χ0n) is 12.6. The van der Waals surface area contributed by atoms with Gasteiger partial charge in [-0.3, -0.25) is 0 Å². The SMILES string of the molecule is c1ccc2c(c1)SCCC2NC1CC2CC1C1CCCC21. The van der Waals surface area contributed by atoms with Crippen LogP contribution in [0.2, 0.25) is 0 Å². The summed E-state index contributed by atoms with van der Waals surface area (Å²) in [5.41, 5.74) is 1.57. The molecule has 112 valence electrons. The van der Waals surface area contributed by atoms with Gasteiger partial charge in [-0.1, -0.05) is 24.6 Å². The third-order valence-electron chi connectivity index (χ3n) is 6.80. The second-order valence-electron chi connectivity index (χ2n) is 7.65. The van der Waals surface area contributed by atoms with Crippen LogP contribution < -0.4 is 5.32 Å². The van der Waals surface area contributed by atoms with Crippen molar-refractivity contribution in [1.29, 1.82) is 0 Å². The van der Waals surface area contributed by atoms with Crippen LogP contribution in [-0.2, 0) is 0 Å². The maximum Gasteiger partial charge on any atom is 0.0341 e. The van der Waals surface area contributed by atoms with Crippen LogP contribution in [0.25, 0.3) is 0 Å². The number of thioether (sulfide) groups is 1. The molecule has 5 rings (SSSR count). The van der Waals surface area contributed by atoms with Gasteiger partial charge in [-0.15, -0.1) is 11.8 Å². The topological polar surface area (TPSA) is 12.0 Å². The minimum absolute atomic E-state index is 0.617. The van der Waals surface area contributed by atoms with Crippen LogP contribution in [0.1, 0.15) is 50.1 Å². The number of hydrogen-bond donors (Lipinski definition) is 1. The van der Waals surface area contributed by atoms with Crippen molar-refractivity contribution in [3.8, 4) is 0 Å². The lowest BCUT2D eigenvalue weighted by Gasteiger charge is -2.36. The van der Waals surface area contributed by atoms with E-state index in [2.05, 4.69) is 29.6 Å². The molecule has 0 saturated heterocycles. The summed E-state index contributed by atoms with van der Waals surface area (Å²) in [6, 6.07) is 10.5. The molecule has 2 bridgehead atoms. The van der Waals surface area contributed by atoms with Crippen LogP contribution >= 0.6 is 11.8 Å². The summed E-state index contributed by atoms with van der Waals surface area (Å²) in [4.78, 5) is 1.52. The second kappa shape index (κ2) is 5.03. The molecule has 6 atom stereocenters. The Morgan fingerprint density at radius 2 is 1.86 bits per heavy atom. The Morgan fingerprint density at radius 3 is 2.86 bits per heavy atom. The Labute approximate surface area is 132 Å². The van der Waals surface area contributed by atoms with Gasteiger partial charge in [0.05, 0.1) is 0 Å². The highest BCUT2D eigenvalue weighted by Crippen LogP contribution is 2.59. The Balaban J connectivity index is 1.35. The van der Waals surface area contributed by atoms with E-state index in [1.165, 1.54) is 42.8 Å². The highest BCUT2D eigenvalue weighted by Gasteiger charge is 2.53. The van der Waals surface area contributed by atoms with E-state index < -0.39 is 0 Å². The molecule has 0 radical (unpaired) electrons. The normalized spacial score (nSPS) is 43.8. The van der Waals surface area contributed by atoms with Crippen LogP contribution in [-0.4, -0.2) is 11.8 Å². The molecule has 0 aromatic heterocycles. The fraction of sp³-hybridized carbons (Fsp3) is 0.684. The Bertz CT molecular complexity index is 542. The largest absolute Gasteiger partial charge is 0.307 e. The van der Waals surface area contributed by atoms with E-state index in [1.54, 1.807) is 12.0 Å². The fourth-order valence-corrected chi connectivity index (χ4v) is 7.16. The van der Waals surface area contributed by atoms with E-state index in [9.17, 15) is 0 Å². The molecule has 1 aliphatic heterocycles. The van der Waals surface area contributed by atoms with Crippen molar-refractivity contribution < 1.29 is 0 Å². The molecule has 3 saturated carbocycles. The molecule has 21 heavy (non-hydrogen) atoms. The second-order valence-corrected chi connectivity index (χ2v) is 8.79. The van der Waals surface area contributed by atoms with Crippen molar-refractivity contribution in [1.82, 2.24) is 5.32 Å². The molecule has 1 heterocycles. The van der Waals surface area contributed by atoms with Gasteiger partial charge in [-0.25, -0.2) is 0 Å². The van der Waals surface area contributed by atoms with Gasteiger partial charge in [0.25, 0.3) is 0 Å². The zero-order chi connectivity index (χ0) is 13.8. The van der Waals surface area contributed by atoms with Crippen molar-refractivity contribution in [2.24, 2.45) is 23.7 Å². The molecule has 0 amide bonds. The molecule has 4 aliphatic rings. The summed E-state index contributed by atoms with van der Waals surface area (Å²) in [5, 5.41) is 4.10. The summed E-state index contributed by atoms with van der Waals surface area (Å²) in [6.07, 6.45) is 8.90. The smallest absolute Gasteiger partial charge is 0.0341 e. The average molecular weight is 299 g/mol. The molecule has 1 nitrogen and oxygen atoms in total. The summed E-state index contributed by atoms with van der Waals surface area (Å²) in [6.45, 7) is 0. The summed E-state index contributed by atoms with van der Waals surface area (Å²) >= 11 is 2.04. The van der Waals surface area contributed by atoms with Crippen LogP contribution in [0.4, 0.5) is 0 Å². The third-order valence-corrected chi connectivity index (χ3v) is 7.93. The van der Waals surface area contributed by atoms with E-state index >= 15 is 0 Å². The van der Waals surface area contributed by atoms with Crippen molar-refractivity contribution in [3.63, 3.8) is 0 Å². The minimum Gasteiger partial charge on any atom is -0.307 e. The Morgan fingerprint density at radius 1 is 0.952 bits per heavy atom. The number of nitrogens with one attached hydrogen (secondary N) is 1. The lowest BCUT2D eigenvalue weighted by atomic mass is 9.78. The van der Waals surface area contributed by atoms with E-state index in [1.807, 2.05) is 11.8 Å². The van der Waals surface area contributed by atoms with Gasteiger partial charge in [0.15, 0.2) is 0 Å². The number of rotatable bonds is 2. The Kier molecular flexibility index (Phi) is 3.11. The summed E-state index contributed by atoms with van der Waals surface area (Å²) in [7, 11) is 0. The molecule has 1 aromatic rings. The van der Waals surface area contributed by atoms with E-state index in [-0.39, 0.29) is 0 Å². The molecule has 3 fully saturated rings. The predicted octanol–water partition coefficient (Wildman–Crippen LogP) is 4.64. The van der Waals surface area contributed by atoms with Crippen LogP contribution in [0.5, 0.6) is 0 Å². The molecule has 6 unspecified atom stereocenters. The van der Waals surface area contributed by atoms with Gasteiger partial charge in [0, 0.05) is 17.0 Å². The van der Waals surface area contributed by atoms with E-state index in [0.29, 0.717) is 6.04 Å². The first-order valence-corrected chi connectivity index (χ1v) is 9.86. The first-order chi connectivity index (χ1) is 10.4. The third kappa shape index (κ3) is 2.02. The van der Waals surface area contributed by atoms with Gasteiger partial charge in [0.2, 0.25) is 0 Å². The van der Waals surface area contributed by atoms with Crippen LogP contribution in [0.3, 0.4) is 0 Å². The van der Waals surface area contributed by atoms with Crippen molar-refractivity contribution in [2.75, 3.05) is 5.75 Å². The van der Waals surface area contributed by atoms with Crippen molar-refractivity contribution >= 4 is 11.8 Å². The average Bonchev–Trinajstić information content (AvgIpc) is 3.20. The first-order valence-electron chi connectivity index (χ1n) is 8.88. The number of benzene rings is 1. The number of fused-ring (bicyclic) bond motifs is 6. The monoisotopic (exact) mass is 299 g/mol.